The van der Waals surface area contributed by atoms with Crippen molar-refractivity contribution < 1.29 is 29.7 Å². The van der Waals surface area contributed by atoms with Crippen LogP contribution in [0.15, 0.2) is 34.9 Å². The number of nitrogens with one attached hydrogen (secondary N) is 4. The summed E-state index contributed by atoms with van der Waals surface area (Å²) in [7, 11) is 0. The van der Waals surface area contributed by atoms with E-state index >= 15 is 0 Å². The highest BCUT2D eigenvalue weighted by atomic mass is 16.4. The Morgan fingerprint density at radius 2 is 1.43 bits per heavy atom. The van der Waals surface area contributed by atoms with Crippen LogP contribution < -0.4 is 10.6 Å². The van der Waals surface area contributed by atoms with Crippen molar-refractivity contribution in [2.24, 2.45) is 0 Å². The number of aromatic nitrogens is 2. The maximum Gasteiger partial charge on any atom is 0.333 e. The van der Waals surface area contributed by atoms with Gasteiger partial charge in [-0.05, 0) is 73.9 Å². The molecule has 10 nitrogen and oxygen atoms in total. The molecule has 0 saturated carbocycles. The molecule has 0 aliphatic carbocycles. The van der Waals surface area contributed by atoms with Gasteiger partial charge in [-0.1, -0.05) is 25.2 Å². The number of carboxylic acids is 3. The Labute approximate surface area is 257 Å². The average Bonchev–Trinajstić information content (AvgIpc) is 3.63. The molecule has 2 aromatic rings. The fourth-order valence-electron chi connectivity index (χ4n) is 7.90. The smallest absolute Gasteiger partial charge is 0.333 e. The van der Waals surface area contributed by atoms with E-state index in [9.17, 15) is 29.7 Å². The van der Waals surface area contributed by atoms with Gasteiger partial charge in [0.1, 0.15) is 0 Å². The van der Waals surface area contributed by atoms with Gasteiger partial charge in [0.25, 0.3) is 0 Å². The number of hydrogen-bond acceptors (Lipinski definition) is 5. The summed E-state index contributed by atoms with van der Waals surface area (Å²) >= 11 is 0. The van der Waals surface area contributed by atoms with Crippen LogP contribution in [0.25, 0.3) is 0 Å². The van der Waals surface area contributed by atoms with E-state index in [1.807, 2.05) is 19.9 Å². The van der Waals surface area contributed by atoms with Crippen molar-refractivity contribution in [1.29, 1.82) is 0 Å². The normalized spacial score (nSPS) is 25.1. The second-order valence-corrected chi connectivity index (χ2v) is 12.6. The van der Waals surface area contributed by atoms with E-state index in [4.69, 9.17) is 0 Å². The highest BCUT2D eigenvalue weighted by Gasteiger charge is 2.43. The van der Waals surface area contributed by atoms with E-state index < -0.39 is 29.9 Å². The summed E-state index contributed by atoms with van der Waals surface area (Å²) in [6.45, 7) is 14.3. The quantitative estimate of drug-likeness (QED) is 0.237. The van der Waals surface area contributed by atoms with Crippen LogP contribution in [0.2, 0.25) is 0 Å². The topological polar surface area (TPSA) is 168 Å². The zero-order valence-corrected chi connectivity index (χ0v) is 26.2. The first-order valence-corrected chi connectivity index (χ1v) is 15.5. The molecule has 2 aromatic heterocycles. The number of aliphatic carboxylic acids is 3. The molecular formula is C34H44N4O6. The molecule has 3 aliphatic rings. The maximum atomic E-state index is 12.8. The van der Waals surface area contributed by atoms with Gasteiger partial charge in [0.05, 0.1) is 12.0 Å². The molecule has 7 N–H and O–H groups in total. The van der Waals surface area contributed by atoms with Crippen molar-refractivity contribution in [1.82, 2.24) is 20.6 Å². The molecule has 0 amide bonds. The monoisotopic (exact) mass is 604 g/mol. The first-order valence-electron chi connectivity index (χ1n) is 15.5. The summed E-state index contributed by atoms with van der Waals surface area (Å²) in [4.78, 5) is 44.0. The number of carbonyl (C=O) groups is 3. The van der Waals surface area contributed by atoms with Gasteiger partial charge < -0.3 is 35.9 Å². The molecule has 0 fully saturated rings. The average molecular weight is 605 g/mol. The van der Waals surface area contributed by atoms with Crippen LogP contribution in [0.5, 0.6) is 0 Å². The lowest BCUT2D eigenvalue weighted by molar-refractivity contribution is -0.138. The number of aromatic amines is 2. The number of rotatable bonds is 8. The molecule has 0 aromatic carbocycles. The van der Waals surface area contributed by atoms with E-state index in [1.54, 1.807) is 0 Å². The largest absolute Gasteiger partial charge is 0.481 e. The zero-order chi connectivity index (χ0) is 32.0. The third kappa shape index (κ3) is 5.57. The molecule has 5 rings (SSSR count). The van der Waals surface area contributed by atoms with E-state index in [0.29, 0.717) is 24.1 Å². The Bertz CT molecular complexity index is 1590. The minimum Gasteiger partial charge on any atom is -0.481 e. The van der Waals surface area contributed by atoms with Crippen LogP contribution in [-0.2, 0) is 46.5 Å². The molecule has 10 heteroatoms. The number of fused-ring (bicyclic) bond motifs is 8. The van der Waals surface area contributed by atoms with Crippen LogP contribution in [0.1, 0.15) is 84.6 Å². The van der Waals surface area contributed by atoms with E-state index in [1.165, 1.54) is 16.7 Å². The highest BCUT2D eigenvalue weighted by molar-refractivity contribution is 5.90. The van der Waals surface area contributed by atoms with E-state index in [0.717, 1.165) is 46.6 Å². The van der Waals surface area contributed by atoms with Gasteiger partial charge in [0.2, 0.25) is 0 Å². The Morgan fingerprint density at radius 1 is 0.818 bits per heavy atom. The number of H-pyrrole nitrogens is 2. The van der Waals surface area contributed by atoms with Crippen molar-refractivity contribution >= 4 is 17.9 Å². The minimum absolute atomic E-state index is 0.0116. The summed E-state index contributed by atoms with van der Waals surface area (Å²) in [5, 5.41) is 37.4. The molecular weight excluding hydrogens is 560 g/mol. The molecule has 5 atom stereocenters. The predicted molar refractivity (Wildman–Crippen MR) is 167 cm³/mol. The Hall–Kier alpha value is -3.89. The second-order valence-electron chi connectivity index (χ2n) is 12.6. The standard InChI is InChI=1S/C34H44N4O6/c1-7-19-15(3)23-12-25-17(5)21(9-10-29(39)40)32(37-25)22(11-30(41)42)33-31(34(43)44)18(6)26(38-33)14-28-20(8-2)16(4)24(36-28)13-27(19)35-23/h7,22-23,26-27,33,35-38H,1,8-14H2,2-6H3,(H,39,40)(H,41,42)(H,43,44). The third-order valence-corrected chi connectivity index (χ3v) is 10.3. The summed E-state index contributed by atoms with van der Waals surface area (Å²) in [6, 6.07) is -1.05. The van der Waals surface area contributed by atoms with Crippen LogP contribution in [0, 0.1) is 13.8 Å². The first-order chi connectivity index (χ1) is 20.9. The highest BCUT2D eigenvalue weighted by Crippen LogP contribution is 2.40. The molecule has 236 valence electrons. The van der Waals surface area contributed by atoms with Gasteiger partial charge in [0.15, 0.2) is 0 Å². The van der Waals surface area contributed by atoms with E-state index in [2.05, 4.69) is 48.0 Å². The van der Waals surface area contributed by atoms with Gasteiger partial charge in [-0.3, -0.25) is 9.59 Å². The van der Waals surface area contributed by atoms with Crippen LogP contribution in [-0.4, -0.2) is 67.4 Å². The van der Waals surface area contributed by atoms with Gasteiger partial charge in [-0.15, -0.1) is 0 Å². The van der Waals surface area contributed by atoms with Crippen LogP contribution in [0.3, 0.4) is 0 Å². The lowest BCUT2D eigenvalue weighted by atomic mass is 9.84. The molecule has 5 heterocycles. The molecule has 44 heavy (non-hydrogen) atoms. The minimum atomic E-state index is -1.08. The van der Waals surface area contributed by atoms with Gasteiger partial charge in [-0.2, -0.15) is 0 Å². The molecule has 5 unspecified atom stereocenters. The van der Waals surface area contributed by atoms with Gasteiger partial charge in [-0.25, -0.2) is 4.79 Å². The molecule has 0 spiro atoms. The summed E-state index contributed by atoms with van der Waals surface area (Å²) in [5.74, 6) is -3.83. The molecule has 3 aliphatic heterocycles. The van der Waals surface area contributed by atoms with Gasteiger partial charge >= 0.3 is 17.9 Å². The molecule has 8 bridgehead atoms. The van der Waals surface area contributed by atoms with Crippen LogP contribution >= 0.6 is 0 Å². The van der Waals surface area contributed by atoms with Crippen LogP contribution in [0.4, 0.5) is 0 Å². The van der Waals surface area contributed by atoms with Crippen molar-refractivity contribution in [2.45, 2.75) is 110 Å². The fourth-order valence-corrected chi connectivity index (χ4v) is 7.90. The zero-order valence-electron chi connectivity index (χ0n) is 26.2. The third-order valence-electron chi connectivity index (χ3n) is 10.3. The van der Waals surface area contributed by atoms with Crippen molar-refractivity contribution in [3.05, 3.63) is 80.0 Å². The Kier molecular flexibility index (Phi) is 8.77. The van der Waals surface area contributed by atoms with Crippen molar-refractivity contribution in [3.63, 3.8) is 0 Å². The lowest BCUT2D eigenvalue weighted by Crippen LogP contribution is -2.40. The SMILES string of the molecule is C=CC1=C(C)C2Cc3[nH]c(c(CCC(=O)O)c3C)C(CC(=O)O)C3NC(Cc4[nH]c(c(C)c4CC)CC1N2)C(C)=C3C(=O)O. The summed E-state index contributed by atoms with van der Waals surface area (Å²) in [5.41, 5.74) is 11.0. The molecule has 0 saturated heterocycles. The van der Waals surface area contributed by atoms with Crippen molar-refractivity contribution in [3.8, 4) is 0 Å². The summed E-state index contributed by atoms with van der Waals surface area (Å²) < 4.78 is 0. The Balaban J connectivity index is 1.72. The number of hydrogen-bond donors (Lipinski definition) is 7. The second kappa shape index (κ2) is 12.2. The van der Waals surface area contributed by atoms with Crippen molar-refractivity contribution in [2.75, 3.05) is 0 Å². The summed E-state index contributed by atoms with van der Waals surface area (Å²) in [6.07, 6.45) is 4.40. The molecule has 0 radical (unpaired) electrons. The fraction of sp³-hybridized carbons (Fsp3) is 0.500. The van der Waals surface area contributed by atoms with E-state index in [-0.39, 0.29) is 43.0 Å². The maximum absolute atomic E-state index is 12.8. The van der Waals surface area contributed by atoms with Gasteiger partial charge in [0, 0.05) is 78.5 Å². The lowest BCUT2D eigenvalue weighted by Gasteiger charge is -2.26. The number of carboxylic acid groups (broad SMARTS) is 3. The Morgan fingerprint density at radius 3 is 2.05 bits per heavy atom. The predicted octanol–water partition coefficient (Wildman–Crippen LogP) is 4.02. The first kappa shape index (κ1) is 31.5.